The lowest BCUT2D eigenvalue weighted by atomic mass is 9.94. The molecule has 1 rings (SSSR count). The SMILES string of the molecule is COCC(O)CN(C)C(=O)CCC1CCCNC1. The highest BCUT2D eigenvalue weighted by atomic mass is 16.5. The number of nitrogens with zero attached hydrogens (tertiary/aromatic N) is 1. The predicted octanol–water partition coefficient (Wildman–Crippen LogP) is 0.232. The standard InChI is InChI=1S/C13H26N2O3/c1-15(9-12(16)10-18-2)13(17)6-5-11-4-3-7-14-8-11/h11-12,14,16H,3-10H2,1-2H3. The molecule has 0 radical (unpaired) electrons. The number of methoxy groups -OCH3 is 1. The average Bonchev–Trinajstić information content (AvgIpc) is 2.37. The Morgan fingerprint density at radius 1 is 1.61 bits per heavy atom. The zero-order valence-corrected chi connectivity index (χ0v) is 11.5. The zero-order chi connectivity index (χ0) is 13.4. The van der Waals surface area contributed by atoms with Crippen molar-refractivity contribution in [3.63, 3.8) is 0 Å². The van der Waals surface area contributed by atoms with E-state index in [0.717, 1.165) is 19.5 Å². The predicted molar refractivity (Wildman–Crippen MR) is 70.3 cm³/mol. The van der Waals surface area contributed by atoms with E-state index in [1.165, 1.54) is 12.8 Å². The van der Waals surface area contributed by atoms with E-state index in [1.807, 2.05) is 0 Å². The second kappa shape index (κ2) is 8.45. The van der Waals surface area contributed by atoms with Crippen molar-refractivity contribution in [2.24, 2.45) is 5.92 Å². The van der Waals surface area contributed by atoms with E-state index in [2.05, 4.69) is 5.32 Å². The topological polar surface area (TPSA) is 61.8 Å². The number of aliphatic hydroxyl groups is 1. The molecular weight excluding hydrogens is 232 g/mol. The van der Waals surface area contributed by atoms with Crippen LogP contribution in [0.5, 0.6) is 0 Å². The third kappa shape index (κ3) is 5.80. The number of hydrogen-bond donors (Lipinski definition) is 2. The lowest BCUT2D eigenvalue weighted by molar-refractivity contribution is -0.131. The van der Waals surface area contributed by atoms with Gasteiger partial charge in [0.25, 0.3) is 0 Å². The Labute approximate surface area is 109 Å². The Hall–Kier alpha value is -0.650. The van der Waals surface area contributed by atoms with Gasteiger partial charge >= 0.3 is 0 Å². The molecule has 5 heteroatoms. The first kappa shape index (κ1) is 15.4. The third-order valence-corrected chi connectivity index (χ3v) is 3.43. The molecular formula is C13H26N2O3. The maximum absolute atomic E-state index is 11.9. The van der Waals surface area contributed by atoms with Crippen molar-refractivity contribution in [3.05, 3.63) is 0 Å². The molecule has 2 unspecified atom stereocenters. The molecule has 1 amide bonds. The Bertz CT molecular complexity index is 242. The van der Waals surface area contributed by atoms with Crippen LogP contribution in [-0.4, -0.2) is 62.4 Å². The number of piperidine rings is 1. The van der Waals surface area contributed by atoms with Crippen LogP contribution in [0.2, 0.25) is 0 Å². The Morgan fingerprint density at radius 3 is 3.00 bits per heavy atom. The molecule has 1 heterocycles. The largest absolute Gasteiger partial charge is 0.389 e. The van der Waals surface area contributed by atoms with E-state index in [1.54, 1.807) is 19.1 Å². The number of aliphatic hydroxyl groups excluding tert-OH is 1. The van der Waals surface area contributed by atoms with Crippen molar-refractivity contribution < 1.29 is 14.6 Å². The van der Waals surface area contributed by atoms with E-state index in [-0.39, 0.29) is 12.5 Å². The Morgan fingerprint density at radius 2 is 2.39 bits per heavy atom. The number of carbonyl (C=O) groups excluding carboxylic acids is 1. The number of likely N-dealkylation sites (N-methyl/N-ethyl adjacent to an activating group) is 1. The van der Waals surface area contributed by atoms with Crippen LogP contribution in [0.3, 0.4) is 0 Å². The molecule has 2 N–H and O–H groups in total. The quantitative estimate of drug-likeness (QED) is 0.686. The third-order valence-electron chi connectivity index (χ3n) is 3.43. The van der Waals surface area contributed by atoms with Crippen molar-refractivity contribution >= 4 is 5.91 Å². The van der Waals surface area contributed by atoms with Crippen LogP contribution in [0, 0.1) is 5.92 Å². The highest BCUT2D eigenvalue weighted by Gasteiger charge is 2.17. The van der Waals surface area contributed by atoms with Crippen molar-refractivity contribution in [2.75, 3.05) is 40.4 Å². The number of hydrogen-bond acceptors (Lipinski definition) is 4. The number of rotatable bonds is 7. The molecule has 106 valence electrons. The van der Waals surface area contributed by atoms with E-state index < -0.39 is 6.10 Å². The van der Waals surface area contributed by atoms with Crippen LogP contribution in [0.15, 0.2) is 0 Å². The molecule has 2 atom stereocenters. The summed E-state index contributed by atoms with van der Waals surface area (Å²) in [6.45, 7) is 2.75. The van der Waals surface area contributed by atoms with Crippen LogP contribution in [-0.2, 0) is 9.53 Å². The van der Waals surface area contributed by atoms with Gasteiger partial charge in [-0.2, -0.15) is 0 Å². The molecule has 1 aliphatic heterocycles. The van der Waals surface area contributed by atoms with Gasteiger partial charge in [-0.1, -0.05) is 0 Å². The first-order valence-corrected chi connectivity index (χ1v) is 6.75. The van der Waals surface area contributed by atoms with Gasteiger partial charge in [0.15, 0.2) is 0 Å². The minimum atomic E-state index is -0.597. The minimum absolute atomic E-state index is 0.107. The second-order valence-corrected chi connectivity index (χ2v) is 5.13. The summed E-state index contributed by atoms with van der Waals surface area (Å²) in [5.41, 5.74) is 0. The lowest BCUT2D eigenvalue weighted by Gasteiger charge is -2.24. The Kier molecular flexibility index (Phi) is 7.23. The van der Waals surface area contributed by atoms with Crippen molar-refractivity contribution in [1.29, 1.82) is 0 Å². The van der Waals surface area contributed by atoms with Crippen LogP contribution in [0.25, 0.3) is 0 Å². The van der Waals surface area contributed by atoms with Crippen molar-refractivity contribution in [1.82, 2.24) is 10.2 Å². The fourth-order valence-corrected chi connectivity index (χ4v) is 2.35. The van der Waals surface area contributed by atoms with Crippen LogP contribution < -0.4 is 5.32 Å². The number of carbonyl (C=O) groups is 1. The summed E-state index contributed by atoms with van der Waals surface area (Å²) in [5.74, 6) is 0.732. The van der Waals surface area contributed by atoms with Gasteiger partial charge in [-0.15, -0.1) is 0 Å². The fourth-order valence-electron chi connectivity index (χ4n) is 2.35. The summed E-state index contributed by atoms with van der Waals surface area (Å²) < 4.78 is 4.84. The van der Waals surface area contributed by atoms with Crippen molar-refractivity contribution in [2.45, 2.75) is 31.8 Å². The van der Waals surface area contributed by atoms with E-state index in [4.69, 9.17) is 4.74 Å². The summed E-state index contributed by atoms with van der Waals surface area (Å²) in [6.07, 6.45) is 3.34. The van der Waals surface area contributed by atoms with Crippen LogP contribution >= 0.6 is 0 Å². The fraction of sp³-hybridized carbons (Fsp3) is 0.923. The molecule has 0 aromatic heterocycles. The molecule has 0 spiro atoms. The van der Waals surface area contributed by atoms with Crippen LogP contribution in [0.4, 0.5) is 0 Å². The van der Waals surface area contributed by atoms with Gasteiger partial charge in [0, 0.05) is 27.1 Å². The molecule has 0 aromatic carbocycles. The molecule has 1 saturated heterocycles. The first-order valence-electron chi connectivity index (χ1n) is 6.75. The van der Waals surface area contributed by atoms with Gasteiger partial charge in [0.2, 0.25) is 5.91 Å². The molecule has 1 fully saturated rings. The van der Waals surface area contributed by atoms with Crippen molar-refractivity contribution in [3.8, 4) is 0 Å². The summed E-state index contributed by atoms with van der Waals surface area (Å²) in [5, 5.41) is 12.9. The highest BCUT2D eigenvalue weighted by molar-refractivity contribution is 5.75. The monoisotopic (exact) mass is 258 g/mol. The van der Waals surface area contributed by atoms with Gasteiger partial charge in [-0.05, 0) is 38.3 Å². The van der Waals surface area contributed by atoms with Gasteiger partial charge in [0.05, 0.1) is 12.7 Å². The maximum atomic E-state index is 11.9. The maximum Gasteiger partial charge on any atom is 0.222 e. The molecule has 0 bridgehead atoms. The molecule has 0 saturated carbocycles. The number of ether oxygens (including phenoxy) is 1. The normalized spacial score (nSPS) is 21.6. The second-order valence-electron chi connectivity index (χ2n) is 5.13. The summed E-state index contributed by atoms with van der Waals surface area (Å²) in [7, 11) is 3.28. The van der Waals surface area contributed by atoms with Crippen LogP contribution in [0.1, 0.15) is 25.7 Å². The van der Waals surface area contributed by atoms with E-state index in [9.17, 15) is 9.90 Å². The van der Waals surface area contributed by atoms with Gasteiger partial charge in [-0.25, -0.2) is 0 Å². The van der Waals surface area contributed by atoms with Gasteiger partial charge < -0.3 is 20.1 Å². The van der Waals surface area contributed by atoms with E-state index >= 15 is 0 Å². The number of amides is 1. The van der Waals surface area contributed by atoms with E-state index in [0.29, 0.717) is 18.9 Å². The molecule has 1 aliphatic rings. The Balaban J connectivity index is 2.18. The molecule has 18 heavy (non-hydrogen) atoms. The number of nitrogens with one attached hydrogen (secondary N) is 1. The summed E-state index contributed by atoms with van der Waals surface area (Å²) in [6, 6.07) is 0. The zero-order valence-electron chi connectivity index (χ0n) is 11.5. The van der Waals surface area contributed by atoms with Gasteiger partial charge in [0.1, 0.15) is 0 Å². The smallest absolute Gasteiger partial charge is 0.222 e. The first-order chi connectivity index (χ1) is 8.63. The molecule has 5 nitrogen and oxygen atoms in total. The summed E-state index contributed by atoms with van der Waals surface area (Å²) >= 11 is 0. The minimum Gasteiger partial charge on any atom is -0.389 e. The molecule has 0 aliphatic carbocycles. The summed E-state index contributed by atoms with van der Waals surface area (Å²) in [4.78, 5) is 13.5. The highest BCUT2D eigenvalue weighted by Crippen LogP contribution is 2.16. The average molecular weight is 258 g/mol. The molecule has 0 aromatic rings. The lowest BCUT2D eigenvalue weighted by Crippen LogP contribution is -2.37. The van der Waals surface area contributed by atoms with Gasteiger partial charge in [-0.3, -0.25) is 4.79 Å².